The van der Waals surface area contributed by atoms with Crippen LogP contribution in [0.2, 0.25) is 0 Å². The number of hydrogen-bond acceptors (Lipinski definition) is 7. The van der Waals surface area contributed by atoms with Gasteiger partial charge in [0, 0.05) is 11.3 Å². The third kappa shape index (κ3) is 4.57. The molecular formula is C20H22N2O7S2. The number of ketones is 1. The Balaban J connectivity index is 2.08. The van der Waals surface area contributed by atoms with Crippen LogP contribution in [0.4, 0.5) is 11.4 Å². The highest BCUT2D eigenvalue weighted by atomic mass is 32.2. The Morgan fingerprint density at radius 2 is 1.94 bits per heavy atom. The fraction of sp³-hybridized carbons (Fsp3) is 0.300. The minimum Gasteiger partial charge on any atom is -0.492 e. The van der Waals surface area contributed by atoms with Gasteiger partial charge in [-0.25, -0.2) is 21.1 Å². The molecule has 2 aromatic carbocycles. The van der Waals surface area contributed by atoms with Crippen molar-refractivity contribution in [3.63, 3.8) is 0 Å². The van der Waals surface area contributed by atoms with E-state index in [0.717, 1.165) is 6.07 Å². The zero-order valence-electron chi connectivity index (χ0n) is 17.2. The first-order valence-corrected chi connectivity index (χ1v) is 12.5. The number of Topliss-reactive ketones (excluding diaryl/α,β-unsaturated/α-hetero) is 1. The zero-order valence-corrected chi connectivity index (χ0v) is 18.8. The van der Waals surface area contributed by atoms with Crippen LogP contribution in [0.3, 0.4) is 0 Å². The first-order chi connectivity index (χ1) is 14.5. The lowest BCUT2D eigenvalue weighted by atomic mass is 10.1. The minimum atomic E-state index is -4.25. The van der Waals surface area contributed by atoms with E-state index in [-0.39, 0.29) is 40.2 Å². The summed E-state index contributed by atoms with van der Waals surface area (Å²) in [5, 5.41) is 0. The Kier molecular flexibility index (Phi) is 6.10. The molecule has 1 aliphatic heterocycles. The maximum Gasteiger partial charge on any atom is 0.265 e. The molecule has 166 valence electrons. The number of rotatable bonds is 7. The number of anilines is 2. The third-order valence-corrected chi connectivity index (χ3v) is 7.90. The van der Waals surface area contributed by atoms with Crippen molar-refractivity contribution in [1.82, 2.24) is 0 Å². The molecule has 1 atom stereocenters. The lowest BCUT2D eigenvalue weighted by Gasteiger charge is -2.19. The fourth-order valence-electron chi connectivity index (χ4n) is 3.21. The fourth-order valence-corrected chi connectivity index (χ4v) is 6.23. The number of carbonyl (C=O) groups excluding carboxylic acids is 2. The average Bonchev–Trinajstić information content (AvgIpc) is 2.89. The van der Waals surface area contributed by atoms with Crippen LogP contribution in [-0.4, -0.2) is 40.9 Å². The standard InChI is InChI=1S/C20H22N2O7S2/c1-4-29-18-9-8-17(22-20(24)13(2)12-30(22,25)26)11-19(18)31(27,28)21-16-7-5-6-15(10-16)14(3)23/h5-11,13,21H,4,12H2,1-3H3. The molecule has 11 heteroatoms. The number of carbonyl (C=O) groups is 2. The van der Waals surface area contributed by atoms with Crippen LogP contribution in [0.1, 0.15) is 31.1 Å². The van der Waals surface area contributed by atoms with Crippen LogP contribution < -0.4 is 13.8 Å². The highest BCUT2D eigenvalue weighted by Crippen LogP contribution is 2.34. The number of benzene rings is 2. The third-order valence-electron chi connectivity index (χ3n) is 4.63. The second kappa shape index (κ2) is 8.31. The van der Waals surface area contributed by atoms with Gasteiger partial charge in [-0.15, -0.1) is 0 Å². The number of hydrogen-bond donors (Lipinski definition) is 1. The zero-order chi connectivity index (χ0) is 23.0. The van der Waals surface area contributed by atoms with Crippen LogP contribution in [0.15, 0.2) is 47.4 Å². The van der Waals surface area contributed by atoms with Crippen LogP contribution in [0.5, 0.6) is 5.75 Å². The Hall–Kier alpha value is -2.92. The molecule has 3 rings (SSSR count). The second-order valence-corrected chi connectivity index (χ2v) is 10.6. The topological polar surface area (TPSA) is 127 Å². The maximum absolute atomic E-state index is 13.1. The summed E-state index contributed by atoms with van der Waals surface area (Å²) in [6, 6.07) is 9.68. The van der Waals surface area contributed by atoms with Crippen molar-refractivity contribution in [3.05, 3.63) is 48.0 Å². The lowest BCUT2D eigenvalue weighted by Crippen LogP contribution is -2.30. The van der Waals surface area contributed by atoms with Gasteiger partial charge in [0.2, 0.25) is 15.9 Å². The Morgan fingerprint density at radius 3 is 2.52 bits per heavy atom. The molecular weight excluding hydrogens is 444 g/mol. The van der Waals surface area contributed by atoms with Crippen molar-refractivity contribution in [3.8, 4) is 5.75 Å². The van der Waals surface area contributed by atoms with Crippen LogP contribution in [0.25, 0.3) is 0 Å². The lowest BCUT2D eigenvalue weighted by molar-refractivity contribution is -0.119. The van der Waals surface area contributed by atoms with Gasteiger partial charge < -0.3 is 4.74 Å². The minimum absolute atomic E-state index is 0.00133. The molecule has 1 aliphatic rings. The normalized spacial score (nSPS) is 18.1. The monoisotopic (exact) mass is 466 g/mol. The quantitative estimate of drug-likeness (QED) is 0.621. The molecule has 1 unspecified atom stereocenters. The summed E-state index contributed by atoms with van der Waals surface area (Å²) in [7, 11) is -8.16. The van der Waals surface area contributed by atoms with Gasteiger partial charge in [-0.3, -0.25) is 14.3 Å². The van der Waals surface area contributed by atoms with Gasteiger partial charge >= 0.3 is 0 Å². The Bertz CT molecular complexity index is 1250. The summed E-state index contributed by atoms with van der Waals surface area (Å²) in [6.07, 6.45) is 0. The summed E-state index contributed by atoms with van der Waals surface area (Å²) in [4.78, 5) is 23.7. The van der Waals surface area contributed by atoms with E-state index in [1.54, 1.807) is 13.0 Å². The van der Waals surface area contributed by atoms with Gasteiger partial charge in [-0.05, 0) is 44.2 Å². The van der Waals surface area contributed by atoms with Crippen molar-refractivity contribution >= 4 is 43.1 Å². The van der Waals surface area contributed by atoms with Gasteiger partial charge in [0.15, 0.2) is 5.78 Å². The SMILES string of the molecule is CCOc1ccc(N2C(=O)C(C)CS2(=O)=O)cc1S(=O)(=O)Nc1cccc(C(C)=O)c1. The van der Waals surface area contributed by atoms with E-state index in [0.29, 0.717) is 9.87 Å². The van der Waals surface area contributed by atoms with Crippen LogP contribution >= 0.6 is 0 Å². The van der Waals surface area contributed by atoms with E-state index in [2.05, 4.69) is 4.72 Å². The summed E-state index contributed by atoms with van der Waals surface area (Å²) >= 11 is 0. The highest BCUT2D eigenvalue weighted by Gasteiger charge is 2.42. The van der Waals surface area contributed by atoms with Gasteiger partial charge in [0.1, 0.15) is 10.6 Å². The van der Waals surface area contributed by atoms with Crippen molar-refractivity contribution in [2.45, 2.75) is 25.7 Å². The molecule has 1 fully saturated rings. The Labute approximate surface area is 181 Å². The van der Waals surface area contributed by atoms with E-state index in [1.165, 1.54) is 44.2 Å². The van der Waals surface area contributed by atoms with Gasteiger partial charge in [0.25, 0.3) is 10.0 Å². The second-order valence-electron chi connectivity index (χ2n) is 7.09. The number of sulfonamides is 2. The number of amides is 1. The molecule has 31 heavy (non-hydrogen) atoms. The largest absolute Gasteiger partial charge is 0.492 e. The summed E-state index contributed by atoms with van der Waals surface area (Å²) in [5.41, 5.74) is 0.386. The first kappa shape index (κ1) is 22.8. The predicted molar refractivity (Wildman–Crippen MR) is 115 cm³/mol. The summed E-state index contributed by atoms with van der Waals surface area (Å²) < 4.78 is 59.5. The average molecular weight is 467 g/mol. The van der Waals surface area contributed by atoms with Crippen molar-refractivity contribution < 1.29 is 31.2 Å². The highest BCUT2D eigenvalue weighted by molar-refractivity contribution is 7.94. The van der Waals surface area contributed by atoms with Crippen LogP contribution in [-0.2, 0) is 24.8 Å². The van der Waals surface area contributed by atoms with E-state index in [9.17, 15) is 26.4 Å². The molecule has 1 saturated heterocycles. The van der Waals surface area contributed by atoms with Gasteiger partial charge in [-0.1, -0.05) is 19.1 Å². The molecule has 0 aromatic heterocycles. The smallest absolute Gasteiger partial charge is 0.265 e. The number of nitrogens with zero attached hydrogens (tertiary/aromatic N) is 1. The van der Waals surface area contributed by atoms with Crippen molar-refractivity contribution in [1.29, 1.82) is 0 Å². The summed E-state index contributed by atoms with van der Waals surface area (Å²) in [5.74, 6) is -1.95. The molecule has 0 radical (unpaired) electrons. The molecule has 1 amide bonds. The van der Waals surface area contributed by atoms with Crippen molar-refractivity contribution in [2.75, 3.05) is 21.4 Å². The Morgan fingerprint density at radius 1 is 1.23 bits per heavy atom. The molecule has 0 bridgehead atoms. The molecule has 0 saturated carbocycles. The van der Waals surface area contributed by atoms with E-state index in [1.807, 2.05) is 0 Å². The molecule has 1 N–H and O–H groups in total. The molecule has 2 aromatic rings. The molecule has 0 spiro atoms. The predicted octanol–water partition coefficient (Wildman–Crippen LogP) is 2.40. The van der Waals surface area contributed by atoms with E-state index >= 15 is 0 Å². The molecule has 0 aliphatic carbocycles. The molecule has 9 nitrogen and oxygen atoms in total. The number of ether oxygens (including phenoxy) is 1. The molecule has 1 heterocycles. The van der Waals surface area contributed by atoms with E-state index in [4.69, 9.17) is 4.74 Å². The summed E-state index contributed by atoms with van der Waals surface area (Å²) in [6.45, 7) is 4.69. The van der Waals surface area contributed by atoms with Gasteiger partial charge in [-0.2, -0.15) is 0 Å². The maximum atomic E-state index is 13.1. The first-order valence-electron chi connectivity index (χ1n) is 9.44. The number of nitrogens with one attached hydrogen (secondary N) is 1. The van der Waals surface area contributed by atoms with Gasteiger partial charge in [0.05, 0.1) is 24.0 Å². The van der Waals surface area contributed by atoms with Crippen LogP contribution in [0, 0.1) is 5.92 Å². The van der Waals surface area contributed by atoms with Crippen molar-refractivity contribution in [2.24, 2.45) is 5.92 Å². The van der Waals surface area contributed by atoms with E-state index < -0.39 is 31.9 Å².